The van der Waals surface area contributed by atoms with Crippen LogP contribution in [0.2, 0.25) is 0 Å². The van der Waals surface area contributed by atoms with Crippen LogP contribution >= 0.6 is 24.0 Å². The molecule has 5 heteroatoms. The van der Waals surface area contributed by atoms with Gasteiger partial charge < -0.3 is 15.0 Å². The van der Waals surface area contributed by atoms with E-state index in [9.17, 15) is 0 Å². The van der Waals surface area contributed by atoms with Crippen LogP contribution in [0, 0.1) is 5.41 Å². The molecule has 1 atom stereocenters. The number of benzene rings is 1. The standard InChI is InChI=1S/C17H27N3O.HI/c1-17(2)10-11-20(13-17)16(18-3)19-12-15(21-4)14-8-6-5-7-9-14;/h5-9,15H,10-13H2,1-4H3,(H,18,19);1H. The molecule has 1 fully saturated rings. The van der Waals surface area contributed by atoms with Crippen LogP contribution in [0.4, 0.5) is 0 Å². The number of halogens is 1. The monoisotopic (exact) mass is 417 g/mol. The average Bonchev–Trinajstić information content (AvgIpc) is 2.85. The van der Waals surface area contributed by atoms with Crippen LogP contribution < -0.4 is 5.32 Å². The molecule has 0 aliphatic carbocycles. The zero-order valence-corrected chi connectivity index (χ0v) is 16.3. The van der Waals surface area contributed by atoms with Crippen LogP contribution in [0.25, 0.3) is 0 Å². The van der Waals surface area contributed by atoms with Crippen molar-refractivity contribution in [3.63, 3.8) is 0 Å². The summed E-state index contributed by atoms with van der Waals surface area (Å²) in [6.45, 7) is 7.46. The molecule has 1 unspecified atom stereocenters. The summed E-state index contributed by atoms with van der Waals surface area (Å²) in [4.78, 5) is 6.74. The number of nitrogens with zero attached hydrogens (tertiary/aromatic N) is 2. The van der Waals surface area contributed by atoms with Crippen molar-refractivity contribution in [3.8, 4) is 0 Å². The van der Waals surface area contributed by atoms with E-state index in [-0.39, 0.29) is 30.1 Å². The lowest BCUT2D eigenvalue weighted by molar-refractivity contribution is 0.106. The SMILES string of the molecule is CN=C(NCC(OC)c1ccccc1)N1CCC(C)(C)C1.I. The highest BCUT2D eigenvalue weighted by molar-refractivity contribution is 14.0. The Balaban J connectivity index is 0.00000242. The molecule has 0 amide bonds. The fraction of sp³-hybridized carbons (Fsp3) is 0.588. The number of nitrogens with one attached hydrogen (secondary N) is 1. The summed E-state index contributed by atoms with van der Waals surface area (Å²) < 4.78 is 5.60. The molecule has 4 nitrogen and oxygen atoms in total. The molecule has 124 valence electrons. The fourth-order valence-electron chi connectivity index (χ4n) is 2.81. The Morgan fingerprint density at radius 3 is 2.55 bits per heavy atom. The van der Waals surface area contributed by atoms with Crippen LogP contribution in [-0.4, -0.2) is 44.7 Å². The smallest absolute Gasteiger partial charge is 0.193 e. The van der Waals surface area contributed by atoms with Gasteiger partial charge in [-0.05, 0) is 17.4 Å². The van der Waals surface area contributed by atoms with Crippen molar-refractivity contribution in [2.75, 3.05) is 33.8 Å². The molecule has 0 bridgehead atoms. The molecule has 2 rings (SSSR count). The normalized spacial score (nSPS) is 18.7. The van der Waals surface area contributed by atoms with Crippen LogP contribution in [0.3, 0.4) is 0 Å². The van der Waals surface area contributed by atoms with Crippen molar-refractivity contribution in [1.29, 1.82) is 0 Å². The van der Waals surface area contributed by atoms with Crippen molar-refractivity contribution in [2.45, 2.75) is 26.4 Å². The maximum Gasteiger partial charge on any atom is 0.193 e. The molecule has 0 spiro atoms. The average molecular weight is 417 g/mol. The number of likely N-dealkylation sites (tertiary alicyclic amines) is 1. The quantitative estimate of drug-likeness (QED) is 0.464. The topological polar surface area (TPSA) is 36.9 Å². The van der Waals surface area contributed by atoms with E-state index in [1.54, 1.807) is 7.11 Å². The summed E-state index contributed by atoms with van der Waals surface area (Å²) in [7, 11) is 3.60. The van der Waals surface area contributed by atoms with Crippen molar-refractivity contribution < 1.29 is 4.74 Å². The molecule has 1 saturated heterocycles. The first-order valence-electron chi connectivity index (χ1n) is 7.59. The first-order chi connectivity index (χ1) is 10.1. The van der Waals surface area contributed by atoms with Gasteiger partial charge in [0, 0.05) is 33.8 Å². The molecular formula is C17H28IN3O. The van der Waals surface area contributed by atoms with Crippen LogP contribution in [-0.2, 0) is 4.74 Å². The van der Waals surface area contributed by atoms with Gasteiger partial charge in [0.2, 0.25) is 0 Å². The van der Waals surface area contributed by atoms with Gasteiger partial charge in [-0.1, -0.05) is 44.2 Å². The lowest BCUT2D eigenvalue weighted by Crippen LogP contribution is -2.42. The first-order valence-corrected chi connectivity index (χ1v) is 7.59. The van der Waals surface area contributed by atoms with Gasteiger partial charge in [-0.25, -0.2) is 0 Å². The van der Waals surface area contributed by atoms with Crippen molar-refractivity contribution in [1.82, 2.24) is 10.2 Å². The molecule has 1 aliphatic rings. The van der Waals surface area contributed by atoms with Gasteiger partial charge in [0.15, 0.2) is 5.96 Å². The molecule has 1 heterocycles. The summed E-state index contributed by atoms with van der Waals surface area (Å²) in [6, 6.07) is 10.3. The number of rotatable bonds is 4. The van der Waals surface area contributed by atoms with E-state index in [0.29, 0.717) is 5.41 Å². The van der Waals surface area contributed by atoms with Crippen LogP contribution in [0.5, 0.6) is 0 Å². The summed E-state index contributed by atoms with van der Waals surface area (Å²) in [5.41, 5.74) is 1.56. The summed E-state index contributed by atoms with van der Waals surface area (Å²) in [5.74, 6) is 0.971. The molecule has 1 N–H and O–H groups in total. The second-order valence-electron chi connectivity index (χ2n) is 6.40. The predicted molar refractivity (Wildman–Crippen MR) is 103 cm³/mol. The zero-order valence-electron chi connectivity index (χ0n) is 14.0. The first kappa shape index (κ1) is 19.2. The number of hydrogen-bond donors (Lipinski definition) is 1. The fourth-order valence-corrected chi connectivity index (χ4v) is 2.81. The second kappa shape index (κ2) is 8.72. The minimum atomic E-state index is 0. The predicted octanol–water partition coefficient (Wildman–Crippen LogP) is 3.30. The Hall–Kier alpha value is -0.820. The largest absolute Gasteiger partial charge is 0.375 e. The highest BCUT2D eigenvalue weighted by Crippen LogP contribution is 2.28. The molecule has 1 aliphatic heterocycles. The lowest BCUT2D eigenvalue weighted by Gasteiger charge is -2.25. The van der Waals surface area contributed by atoms with Gasteiger partial charge in [0.25, 0.3) is 0 Å². The van der Waals surface area contributed by atoms with E-state index in [1.165, 1.54) is 12.0 Å². The van der Waals surface area contributed by atoms with Crippen LogP contribution in [0.15, 0.2) is 35.3 Å². The van der Waals surface area contributed by atoms with E-state index >= 15 is 0 Å². The molecular weight excluding hydrogens is 389 g/mol. The third-order valence-electron chi connectivity index (χ3n) is 4.09. The maximum atomic E-state index is 5.60. The Morgan fingerprint density at radius 2 is 2.05 bits per heavy atom. The van der Waals surface area contributed by atoms with Gasteiger partial charge in [-0.3, -0.25) is 4.99 Å². The van der Waals surface area contributed by atoms with Crippen molar-refractivity contribution in [3.05, 3.63) is 35.9 Å². The number of methoxy groups -OCH3 is 1. The molecule has 22 heavy (non-hydrogen) atoms. The molecule has 0 radical (unpaired) electrons. The lowest BCUT2D eigenvalue weighted by atomic mass is 9.93. The van der Waals surface area contributed by atoms with Gasteiger partial charge in [-0.2, -0.15) is 0 Å². The van der Waals surface area contributed by atoms with E-state index in [2.05, 4.69) is 41.2 Å². The minimum Gasteiger partial charge on any atom is -0.375 e. The van der Waals surface area contributed by atoms with E-state index in [1.807, 2.05) is 25.2 Å². The van der Waals surface area contributed by atoms with E-state index in [4.69, 9.17) is 4.74 Å². The second-order valence-corrected chi connectivity index (χ2v) is 6.40. The third kappa shape index (κ3) is 5.12. The number of aliphatic imine (C=N–C) groups is 1. The van der Waals surface area contributed by atoms with Crippen molar-refractivity contribution in [2.24, 2.45) is 10.4 Å². The van der Waals surface area contributed by atoms with Gasteiger partial charge in [-0.15, -0.1) is 24.0 Å². The van der Waals surface area contributed by atoms with Gasteiger partial charge >= 0.3 is 0 Å². The summed E-state index contributed by atoms with van der Waals surface area (Å²) >= 11 is 0. The Bertz CT molecular complexity index is 476. The minimum absolute atomic E-state index is 0. The van der Waals surface area contributed by atoms with Gasteiger partial charge in [0.05, 0.1) is 6.10 Å². The van der Waals surface area contributed by atoms with Crippen molar-refractivity contribution >= 4 is 29.9 Å². The highest BCUT2D eigenvalue weighted by Gasteiger charge is 2.31. The number of guanidine groups is 1. The number of hydrogen-bond acceptors (Lipinski definition) is 2. The molecule has 1 aromatic carbocycles. The molecule has 0 saturated carbocycles. The Labute approximate surface area is 151 Å². The van der Waals surface area contributed by atoms with Crippen LogP contribution in [0.1, 0.15) is 31.9 Å². The number of ether oxygens (including phenoxy) is 1. The highest BCUT2D eigenvalue weighted by atomic mass is 127. The van der Waals surface area contributed by atoms with Gasteiger partial charge in [0.1, 0.15) is 0 Å². The maximum absolute atomic E-state index is 5.60. The Kier molecular flexibility index (Phi) is 7.62. The zero-order chi connectivity index (χ0) is 15.3. The van der Waals surface area contributed by atoms with E-state index in [0.717, 1.165) is 25.6 Å². The summed E-state index contributed by atoms with van der Waals surface area (Å²) in [6.07, 6.45) is 1.25. The summed E-state index contributed by atoms with van der Waals surface area (Å²) in [5, 5.41) is 3.45. The third-order valence-corrected chi connectivity index (χ3v) is 4.09. The van der Waals surface area contributed by atoms with E-state index < -0.39 is 0 Å². The molecule has 1 aromatic rings. The Morgan fingerprint density at radius 1 is 1.36 bits per heavy atom. The molecule has 0 aromatic heterocycles.